The fourth-order valence-electron chi connectivity index (χ4n) is 2.15. The number of aromatic nitrogens is 1. The number of rotatable bonds is 2. The van der Waals surface area contributed by atoms with Crippen molar-refractivity contribution in [3.05, 3.63) is 29.0 Å². The molecule has 0 bridgehead atoms. The second-order valence-corrected chi connectivity index (χ2v) is 7.29. The Morgan fingerprint density at radius 2 is 2.41 bits per heavy atom. The van der Waals surface area contributed by atoms with E-state index in [9.17, 15) is 4.21 Å². The van der Waals surface area contributed by atoms with Crippen LogP contribution in [-0.2, 0) is 16.3 Å². The summed E-state index contributed by atoms with van der Waals surface area (Å²) in [7, 11) is 1.28. The quantitative estimate of drug-likeness (QED) is 0.774. The first-order valence-corrected chi connectivity index (χ1v) is 7.43. The minimum absolute atomic E-state index is 0.0838. The fourth-order valence-corrected chi connectivity index (χ4v) is 4.54. The van der Waals surface area contributed by atoms with E-state index in [-0.39, 0.29) is 5.25 Å². The molecule has 1 fully saturated rings. The topological polar surface area (TPSA) is 45.6 Å². The van der Waals surface area contributed by atoms with E-state index in [1.807, 2.05) is 17.4 Å². The maximum atomic E-state index is 12.6. The lowest BCUT2D eigenvalue weighted by molar-refractivity contribution is 0.552. The molecular weight excluding hydrogens is 258 g/mol. The number of hydrogen-bond donors (Lipinski definition) is 0. The predicted octanol–water partition coefficient (Wildman–Crippen LogP) is 1.99. The van der Waals surface area contributed by atoms with Crippen molar-refractivity contribution in [1.82, 2.24) is 9.29 Å². The third kappa shape index (κ3) is 2.46. The van der Waals surface area contributed by atoms with Crippen LogP contribution in [0.5, 0.6) is 0 Å². The van der Waals surface area contributed by atoms with Crippen molar-refractivity contribution in [3.8, 4) is 0 Å². The molecule has 1 aromatic rings. The molecule has 0 amide bonds. The molecule has 0 N–H and O–H groups in total. The van der Waals surface area contributed by atoms with Crippen LogP contribution in [0.3, 0.4) is 0 Å². The van der Waals surface area contributed by atoms with Crippen molar-refractivity contribution >= 4 is 21.5 Å². The molecular formula is C11H16ClN3OS. The largest absolute Gasteiger partial charge is 0.244 e. The lowest BCUT2D eigenvalue weighted by Crippen LogP contribution is -2.26. The van der Waals surface area contributed by atoms with Gasteiger partial charge in [-0.3, -0.25) is 0 Å². The van der Waals surface area contributed by atoms with E-state index in [0.29, 0.717) is 5.15 Å². The Bertz CT molecular complexity index is 508. The monoisotopic (exact) mass is 273 g/mol. The van der Waals surface area contributed by atoms with Crippen molar-refractivity contribution < 1.29 is 4.21 Å². The number of nitrogens with zero attached hydrogens (tertiary/aromatic N) is 3. The van der Waals surface area contributed by atoms with E-state index in [2.05, 4.69) is 9.35 Å². The molecule has 2 unspecified atom stereocenters. The zero-order valence-corrected chi connectivity index (χ0v) is 11.5. The van der Waals surface area contributed by atoms with Crippen LogP contribution in [0.4, 0.5) is 0 Å². The summed E-state index contributed by atoms with van der Waals surface area (Å²) in [6.07, 6.45) is 3.40. The van der Waals surface area contributed by atoms with Gasteiger partial charge in [0, 0.05) is 26.8 Å². The third-order valence-corrected chi connectivity index (χ3v) is 6.25. The van der Waals surface area contributed by atoms with Crippen LogP contribution in [0.25, 0.3) is 0 Å². The smallest absolute Gasteiger partial charge is 0.129 e. The van der Waals surface area contributed by atoms with E-state index >= 15 is 0 Å². The summed E-state index contributed by atoms with van der Waals surface area (Å²) in [5.41, 5.74) is 1.06. The molecule has 0 aromatic carbocycles. The van der Waals surface area contributed by atoms with Gasteiger partial charge >= 0.3 is 0 Å². The van der Waals surface area contributed by atoms with E-state index in [1.165, 1.54) is 0 Å². The highest BCUT2D eigenvalue weighted by atomic mass is 35.5. The number of halogens is 1. The lowest BCUT2D eigenvalue weighted by Gasteiger charge is -2.17. The van der Waals surface area contributed by atoms with Crippen LogP contribution >= 0.6 is 11.6 Å². The standard InChI is InChI=1S/C11H16ClN3OS/c1-13-17(16)10(5-6-15(17)2)7-9-3-4-11(12)14-8-9/h3-4,8,10H,5-7H2,1-2H3. The maximum absolute atomic E-state index is 12.6. The maximum Gasteiger partial charge on any atom is 0.129 e. The third-order valence-electron chi connectivity index (χ3n) is 3.16. The van der Waals surface area contributed by atoms with Crippen molar-refractivity contribution in [3.63, 3.8) is 0 Å². The Morgan fingerprint density at radius 3 is 3.00 bits per heavy atom. The minimum Gasteiger partial charge on any atom is -0.244 e. The summed E-state index contributed by atoms with van der Waals surface area (Å²) in [6, 6.07) is 3.70. The van der Waals surface area contributed by atoms with E-state index in [0.717, 1.165) is 24.9 Å². The van der Waals surface area contributed by atoms with Gasteiger partial charge in [-0.05, 0) is 24.5 Å². The average molecular weight is 274 g/mol. The fraction of sp³-hybridized carbons (Fsp3) is 0.545. The van der Waals surface area contributed by atoms with Crippen LogP contribution in [0, 0.1) is 0 Å². The Labute approximate surface area is 107 Å². The van der Waals surface area contributed by atoms with Gasteiger partial charge in [-0.25, -0.2) is 17.9 Å². The predicted molar refractivity (Wildman–Crippen MR) is 70.5 cm³/mol. The van der Waals surface area contributed by atoms with Gasteiger partial charge in [-0.2, -0.15) is 0 Å². The van der Waals surface area contributed by atoms with Crippen molar-refractivity contribution in [2.24, 2.45) is 4.36 Å². The first-order valence-electron chi connectivity index (χ1n) is 5.52. The van der Waals surface area contributed by atoms with Crippen LogP contribution in [0.2, 0.25) is 5.15 Å². The van der Waals surface area contributed by atoms with E-state index in [4.69, 9.17) is 11.6 Å². The molecule has 0 spiro atoms. The highest BCUT2D eigenvalue weighted by molar-refractivity contribution is 7.92. The molecule has 6 heteroatoms. The zero-order valence-electron chi connectivity index (χ0n) is 9.97. The van der Waals surface area contributed by atoms with Crippen LogP contribution in [-0.4, -0.2) is 39.4 Å². The normalized spacial score (nSPS) is 29.5. The summed E-state index contributed by atoms with van der Waals surface area (Å²) in [4.78, 5) is 4.04. The summed E-state index contributed by atoms with van der Waals surface area (Å²) in [5, 5.41) is 0.568. The second-order valence-electron chi connectivity index (χ2n) is 4.18. The van der Waals surface area contributed by atoms with Gasteiger partial charge in [0.2, 0.25) is 0 Å². The second kappa shape index (κ2) is 4.92. The van der Waals surface area contributed by atoms with Gasteiger partial charge in [0.15, 0.2) is 0 Å². The van der Waals surface area contributed by atoms with Gasteiger partial charge in [-0.15, -0.1) is 0 Å². The Morgan fingerprint density at radius 1 is 1.65 bits per heavy atom. The summed E-state index contributed by atoms with van der Waals surface area (Å²) in [5.74, 6) is 0. The highest BCUT2D eigenvalue weighted by Crippen LogP contribution is 2.25. The van der Waals surface area contributed by atoms with Crippen LogP contribution in [0.1, 0.15) is 12.0 Å². The van der Waals surface area contributed by atoms with Gasteiger partial charge in [0.1, 0.15) is 15.1 Å². The van der Waals surface area contributed by atoms with Gasteiger partial charge in [0.25, 0.3) is 0 Å². The molecule has 1 aliphatic heterocycles. The summed E-state index contributed by atoms with van der Waals surface area (Å²) in [6.45, 7) is 0.835. The minimum atomic E-state index is -2.22. The molecule has 2 rings (SSSR count). The first-order chi connectivity index (χ1) is 8.06. The van der Waals surface area contributed by atoms with Gasteiger partial charge in [-0.1, -0.05) is 17.7 Å². The van der Waals surface area contributed by atoms with E-state index < -0.39 is 9.92 Å². The molecule has 2 atom stereocenters. The molecule has 1 saturated heterocycles. The molecule has 4 nitrogen and oxygen atoms in total. The average Bonchev–Trinajstić information content (AvgIpc) is 2.61. The Balaban J connectivity index is 2.20. The molecule has 94 valence electrons. The molecule has 1 aliphatic rings. The Hall–Kier alpha value is -0.650. The molecule has 0 saturated carbocycles. The molecule has 1 aromatic heterocycles. The number of pyridine rings is 1. The van der Waals surface area contributed by atoms with Gasteiger partial charge < -0.3 is 0 Å². The van der Waals surface area contributed by atoms with Crippen LogP contribution in [0.15, 0.2) is 22.7 Å². The number of hydrogen-bond acceptors (Lipinski definition) is 3. The van der Waals surface area contributed by atoms with Crippen LogP contribution < -0.4 is 0 Å². The molecule has 17 heavy (non-hydrogen) atoms. The van der Waals surface area contributed by atoms with Crippen molar-refractivity contribution in [2.75, 3.05) is 20.6 Å². The van der Waals surface area contributed by atoms with Gasteiger partial charge in [0.05, 0.1) is 5.25 Å². The molecule has 0 radical (unpaired) electrons. The molecule has 2 heterocycles. The SMILES string of the molecule is CN=S1(=O)C(Cc2ccc(Cl)nc2)CCN1C. The lowest BCUT2D eigenvalue weighted by atomic mass is 10.1. The molecule has 0 aliphatic carbocycles. The zero-order chi connectivity index (χ0) is 12.5. The highest BCUT2D eigenvalue weighted by Gasteiger charge is 2.33. The summed E-state index contributed by atoms with van der Waals surface area (Å²) < 4.78 is 18.6. The first kappa shape index (κ1) is 12.8. The van der Waals surface area contributed by atoms with Crippen molar-refractivity contribution in [2.45, 2.75) is 18.1 Å². The summed E-state index contributed by atoms with van der Waals surface area (Å²) >= 11 is 5.74. The Kier molecular flexibility index (Phi) is 3.70. The van der Waals surface area contributed by atoms with Crippen molar-refractivity contribution in [1.29, 1.82) is 0 Å². The van der Waals surface area contributed by atoms with E-state index in [1.54, 1.807) is 19.3 Å².